The quantitative estimate of drug-likeness (QED) is 0.788. The van der Waals surface area contributed by atoms with E-state index in [0.29, 0.717) is 12.0 Å². The van der Waals surface area contributed by atoms with E-state index in [1.165, 1.54) is 36.8 Å². The fourth-order valence-electron chi connectivity index (χ4n) is 3.41. The fraction of sp³-hybridized carbons (Fsp3) is 0.684. The molecule has 1 aromatic carbocycles. The van der Waals surface area contributed by atoms with Gasteiger partial charge < -0.3 is 10.1 Å². The Balaban J connectivity index is 2.04. The second-order valence-electron chi connectivity index (χ2n) is 6.72. The molecule has 0 heterocycles. The molecule has 0 radical (unpaired) electrons. The molecule has 2 heteroatoms. The van der Waals surface area contributed by atoms with Crippen LogP contribution in [0.4, 0.5) is 0 Å². The second kappa shape index (κ2) is 7.84. The summed E-state index contributed by atoms with van der Waals surface area (Å²) >= 11 is 0. The van der Waals surface area contributed by atoms with Crippen LogP contribution in [0.3, 0.4) is 0 Å². The molecule has 1 N–H and O–H groups in total. The number of aryl methyl sites for hydroxylation is 1. The average molecular weight is 289 g/mol. The monoisotopic (exact) mass is 289 g/mol. The van der Waals surface area contributed by atoms with Crippen molar-refractivity contribution in [2.24, 2.45) is 5.92 Å². The molecule has 0 aromatic heterocycles. The van der Waals surface area contributed by atoms with Crippen LogP contribution in [-0.4, -0.2) is 19.2 Å². The molecule has 1 unspecified atom stereocenters. The first-order chi connectivity index (χ1) is 10.1. The lowest BCUT2D eigenvalue weighted by Crippen LogP contribution is -2.40. The zero-order chi connectivity index (χ0) is 15.2. The van der Waals surface area contributed by atoms with Crippen molar-refractivity contribution in [3.8, 4) is 5.75 Å². The Morgan fingerprint density at radius 3 is 2.57 bits per heavy atom. The lowest BCUT2D eigenvalue weighted by Gasteiger charge is -2.25. The summed E-state index contributed by atoms with van der Waals surface area (Å²) in [6.07, 6.45) is 5.47. The highest BCUT2D eigenvalue weighted by atomic mass is 16.5. The summed E-state index contributed by atoms with van der Waals surface area (Å²) in [4.78, 5) is 0. The van der Waals surface area contributed by atoms with Gasteiger partial charge in [-0.2, -0.15) is 0 Å². The lowest BCUT2D eigenvalue weighted by atomic mass is 9.98. The fourth-order valence-corrected chi connectivity index (χ4v) is 3.41. The summed E-state index contributed by atoms with van der Waals surface area (Å²) in [6, 6.07) is 7.08. The summed E-state index contributed by atoms with van der Waals surface area (Å²) < 4.78 is 6.24. The van der Waals surface area contributed by atoms with Crippen molar-refractivity contribution in [3.63, 3.8) is 0 Å². The van der Waals surface area contributed by atoms with Gasteiger partial charge in [0.25, 0.3) is 0 Å². The molecule has 2 nitrogen and oxygen atoms in total. The van der Waals surface area contributed by atoms with E-state index in [4.69, 9.17) is 4.74 Å². The van der Waals surface area contributed by atoms with E-state index < -0.39 is 0 Å². The third-order valence-corrected chi connectivity index (χ3v) is 4.64. The van der Waals surface area contributed by atoms with Crippen molar-refractivity contribution in [3.05, 3.63) is 29.3 Å². The van der Waals surface area contributed by atoms with Gasteiger partial charge in [-0.25, -0.2) is 0 Å². The van der Waals surface area contributed by atoms with Gasteiger partial charge in [-0.1, -0.05) is 45.7 Å². The maximum atomic E-state index is 6.24. The van der Waals surface area contributed by atoms with Crippen LogP contribution < -0.4 is 10.1 Å². The maximum Gasteiger partial charge on any atom is 0.123 e. The van der Waals surface area contributed by atoms with Gasteiger partial charge in [-0.3, -0.25) is 0 Å². The number of likely N-dealkylation sites (N-methyl/N-ethyl adjacent to an activating group) is 1. The summed E-state index contributed by atoms with van der Waals surface area (Å²) in [5.41, 5.74) is 2.59. The molecular formula is C19H31NO. The Bertz CT molecular complexity index is 435. The van der Waals surface area contributed by atoms with Crippen molar-refractivity contribution in [2.45, 2.75) is 65.3 Å². The van der Waals surface area contributed by atoms with Crippen LogP contribution in [0.15, 0.2) is 18.2 Å². The van der Waals surface area contributed by atoms with Crippen molar-refractivity contribution >= 4 is 0 Å². The van der Waals surface area contributed by atoms with Crippen LogP contribution in [-0.2, 0) is 0 Å². The van der Waals surface area contributed by atoms with Crippen LogP contribution in [0, 0.1) is 12.8 Å². The lowest BCUT2D eigenvalue weighted by molar-refractivity contribution is 0.217. The smallest absolute Gasteiger partial charge is 0.123 e. The molecule has 2 rings (SSSR count). The molecule has 1 aliphatic rings. The first-order valence-corrected chi connectivity index (χ1v) is 8.58. The molecule has 1 aromatic rings. The number of hydrogen-bond donors (Lipinski definition) is 1. The Labute approximate surface area is 130 Å². The Morgan fingerprint density at radius 1 is 1.24 bits per heavy atom. The highest BCUT2D eigenvalue weighted by Gasteiger charge is 2.25. The number of nitrogens with one attached hydrogen (secondary N) is 1. The first kappa shape index (κ1) is 16.4. The topological polar surface area (TPSA) is 21.3 Å². The molecule has 0 spiro atoms. The maximum absolute atomic E-state index is 6.24. The van der Waals surface area contributed by atoms with Gasteiger partial charge in [-0.15, -0.1) is 0 Å². The van der Waals surface area contributed by atoms with Gasteiger partial charge >= 0.3 is 0 Å². The van der Waals surface area contributed by atoms with E-state index >= 15 is 0 Å². The Morgan fingerprint density at radius 2 is 1.95 bits per heavy atom. The van der Waals surface area contributed by atoms with Crippen molar-refractivity contribution in [1.29, 1.82) is 0 Å². The highest BCUT2D eigenvalue weighted by molar-refractivity contribution is 5.39. The predicted molar refractivity (Wildman–Crippen MR) is 90.2 cm³/mol. The predicted octanol–water partition coefficient (Wildman–Crippen LogP) is 4.67. The molecule has 1 atom stereocenters. The van der Waals surface area contributed by atoms with E-state index in [1.807, 2.05) is 0 Å². The first-order valence-electron chi connectivity index (χ1n) is 8.58. The third kappa shape index (κ3) is 4.47. The number of benzene rings is 1. The minimum absolute atomic E-state index is 0.498. The van der Waals surface area contributed by atoms with Gasteiger partial charge in [-0.05, 0) is 55.3 Å². The highest BCUT2D eigenvalue weighted by Crippen LogP contribution is 2.30. The van der Waals surface area contributed by atoms with Crippen molar-refractivity contribution < 1.29 is 4.74 Å². The van der Waals surface area contributed by atoms with Crippen LogP contribution >= 0.6 is 0 Å². The molecular weight excluding hydrogens is 258 g/mol. The van der Waals surface area contributed by atoms with Gasteiger partial charge in [0.2, 0.25) is 0 Å². The number of ether oxygens (including phenoxy) is 1. The van der Waals surface area contributed by atoms with Crippen molar-refractivity contribution in [1.82, 2.24) is 5.32 Å². The zero-order valence-corrected chi connectivity index (χ0v) is 14.1. The van der Waals surface area contributed by atoms with Crippen LogP contribution in [0.1, 0.15) is 63.5 Å². The zero-order valence-electron chi connectivity index (χ0n) is 14.1. The Kier molecular flexibility index (Phi) is 6.10. The van der Waals surface area contributed by atoms with E-state index in [1.54, 1.807) is 0 Å². The van der Waals surface area contributed by atoms with Crippen molar-refractivity contribution in [2.75, 3.05) is 13.2 Å². The van der Waals surface area contributed by atoms with Gasteiger partial charge in [0.15, 0.2) is 0 Å². The van der Waals surface area contributed by atoms with Crippen LogP contribution in [0.25, 0.3) is 0 Å². The molecule has 1 aliphatic carbocycles. The van der Waals surface area contributed by atoms with Gasteiger partial charge in [0, 0.05) is 6.04 Å². The molecule has 118 valence electrons. The van der Waals surface area contributed by atoms with Gasteiger partial charge in [0.1, 0.15) is 12.4 Å². The van der Waals surface area contributed by atoms with E-state index in [-0.39, 0.29) is 0 Å². The van der Waals surface area contributed by atoms with E-state index in [2.05, 4.69) is 51.2 Å². The standard InChI is InChI=1S/C19H31NO/c1-5-20-18(16-8-6-7-9-16)13-21-19-12-15(4)10-11-17(19)14(2)3/h10-12,14,16,18,20H,5-9,13H2,1-4H3. The minimum Gasteiger partial charge on any atom is -0.492 e. The average Bonchev–Trinajstić information content (AvgIpc) is 2.97. The van der Waals surface area contributed by atoms with Crippen LogP contribution in [0.5, 0.6) is 5.75 Å². The normalized spacial score (nSPS) is 17.4. The Hall–Kier alpha value is -1.02. The summed E-state index contributed by atoms with van der Waals surface area (Å²) in [5.74, 6) is 2.37. The summed E-state index contributed by atoms with van der Waals surface area (Å²) in [7, 11) is 0. The van der Waals surface area contributed by atoms with Crippen LogP contribution in [0.2, 0.25) is 0 Å². The van der Waals surface area contributed by atoms with Gasteiger partial charge in [0.05, 0.1) is 0 Å². The molecule has 0 bridgehead atoms. The molecule has 0 amide bonds. The van der Waals surface area contributed by atoms with E-state index in [0.717, 1.165) is 24.8 Å². The number of rotatable bonds is 7. The molecule has 0 aliphatic heterocycles. The molecule has 1 saturated carbocycles. The molecule has 21 heavy (non-hydrogen) atoms. The number of hydrogen-bond acceptors (Lipinski definition) is 2. The summed E-state index contributed by atoms with van der Waals surface area (Å²) in [5, 5.41) is 3.63. The molecule has 1 fully saturated rings. The minimum atomic E-state index is 0.498. The summed E-state index contributed by atoms with van der Waals surface area (Å²) in [6.45, 7) is 10.6. The second-order valence-corrected chi connectivity index (χ2v) is 6.72. The third-order valence-electron chi connectivity index (χ3n) is 4.64. The SMILES string of the molecule is CCNC(COc1cc(C)ccc1C(C)C)C1CCCC1. The van der Waals surface area contributed by atoms with E-state index in [9.17, 15) is 0 Å². The molecule has 0 saturated heterocycles. The largest absolute Gasteiger partial charge is 0.492 e.